The van der Waals surface area contributed by atoms with E-state index in [-0.39, 0.29) is 0 Å². The maximum Gasteiger partial charge on any atom is 0.115 e. The predicted molar refractivity (Wildman–Crippen MR) is 84.4 cm³/mol. The van der Waals surface area contributed by atoms with Crippen molar-refractivity contribution >= 4 is 11.6 Å². The van der Waals surface area contributed by atoms with Crippen LogP contribution in [0.15, 0.2) is 48.5 Å². The molecule has 1 unspecified atom stereocenters. The summed E-state index contributed by atoms with van der Waals surface area (Å²) in [6.07, 6.45) is 1.81. The van der Waals surface area contributed by atoms with Crippen LogP contribution in [-0.2, 0) is 12.8 Å². The Morgan fingerprint density at radius 3 is 2.40 bits per heavy atom. The van der Waals surface area contributed by atoms with Crippen molar-refractivity contribution in [1.82, 2.24) is 5.32 Å². The Kier molecular flexibility index (Phi) is 5.45. The molecule has 3 heteroatoms. The van der Waals surface area contributed by atoms with Gasteiger partial charge in [0, 0.05) is 11.1 Å². The molecule has 0 aliphatic rings. The number of hydrogen-bond acceptors (Lipinski definition) is 2. The van der Waals surface area contributed by atoms with Gasteiger partial charge < -0.3 is 10.4 Å². The molecule has 2 N–H and O–H groups in total. The van der Waals surface area contributed by atoms with Crippen LogP contribution in [0.25, 0.3) is 0 Å². The van der Waals surface area contributed by atoms with E-state index in [0.29, 0.717) is 11.8 Å². The molecule has 0 saturated heterocycles. The first kappa shape index (κ1) is 14.9. The van der Waals surface area contributed by atoms with E-state index in [0.717, 1.165) is 24.4 Å². The molecule has 0 spiro atoms. The summed E-state index contributed by atoms with van der Waals surface area (Å²) in [5.74, 6) is 0.305. The quantitative estimate of drug-likeness (QED) is 0.847. The maximum atomic E-state index is 9.33. The second kappa shape index (κ2) is 7.32. The van der Waals surface area contributed by atoms with Gasteiger partial charge in [0.1, 0.15) is 5.75 Å². The lowest BCUT2D eigenvalue weighted by Crippen LogP contribution is -2.33. The van der Waals surface area contributed by atoms with E-state index in [2.05, 4.69) is 18.3 Å². The van der Waals surface area contributed by atoms with Gasteiger partial charge in [-0.25, -0.2) is 0 Å². The van der Waals surface area contributed by atoms with Gasteiger partial charge in [-0.15, -0.1) is 0 Å². The second-order valence-corrected chi connectivity index (χ2v) is 5.33. The van der Waals surface area contributed by atoms with Crippen LogP contribution in [0.5, 0.6) is 5.75 Å². The second-order valence-electron chi connectivity index (χ2n) is 4.92. The number of halogens is 1. The Morgan fingerprint density at radius 2 is 1.75 bits per heavy atom. The molecular formula is C17H20ClNO. The Labute approximate surface area is 125 Å². The van der Waals surface area contributed by atoms with Crippen LogP contribution in [-0.4, -0.2) is 17.7 Å². The van der Waals surface area contributed by atoms with E-state index in [1.54, 1.807) is 12.1 Å². The molecule has 0 radical (unpaired) electrons. The largest absolute Gasteiger partial charge is 0.508 e. The minimum Gasteiger partial charge on any atom is -0.508 e. The molecule has 0 saturated carbocycles. The summed E-state index contributed by atoms with van der Waals surface area (Å²) in [7, 11) is 0. The van der Waals surface area contributed by atoms with E-state index >= 15 is 0 Å². The Bertz CT molecular complexity index is 539. The third-order valence-electron chi connectivity index (χ3n) is 3.34. The zero-order valence-electron chi connectivity index (χ0n) is 11.6. The molecule has 0 heterocycles. The standard InChI is InChI=1S/C17H20ClNO/c1-2-19-15(11-13-7-9-16(20)10-8-13)12-14-5-3-4-6-17(14)18/h3-10,15,19-20H,2,11-12H2,1H3. The molecule has 0 aliphatic heterocycles. The van der Waals surface area contributed by atoms with Gasteiger partial charge in [-0.3, -0.25) is 0 Å². The van der Waals surface area contributed by atoms with Crippen molar-refractivity contribution in [2.45, 2.75) is 25.8 Å². The van der Waals surface area contributed by atoms with E-state index in [4.69, 9.17) is 11.6 Å². The van der Waals surface area contributed by atoms with Crippen LogP contribution in [0.3, 0.4) is 0 Å². The van der Waals surface area contributed by atoms with Gasteiger partial charge >= 0.3 is 0 Å². The molecule has 0 bridgehead atoms. The number of benzene rings is 2. The maximum absolute atomic E-state index is 9.33. The summed E-state index contributed by atoms with van der Waals surface area (Å²) in [6.45, 7) is 3.03. The number of nitrogens with one attached hydrogen (secondary N) is 1. The molecule has 106 valence electrons. The lowest BCUT2D eigenvalue weighted by molar-refractivity contribution is 0.474. The van der Waals surface area contributed by atoms with Gasteiger partial charge in [0.15, 0.2) is 0 Å². The van der Waals surface area contributed by atoms with Crippen molar-refractivity contribution in [1.29, 1.82) is 0 Å². The molecule has 2 aromatic rings. The summed E-state index contributed by atoms with van der Waals surface area (Å²) in [5, 5.41) is 13.7. The predicted octanol–water partition coefficient (Wildman–Crippen LogP) is 3.81. The summed E-state index contributed by atoms with van der Waals surface area (Å²) < 4.78 is 0. The first-order valence-electron chi connectivity index (χ1n) is 6.93. The SMILES string of the molecule is CCNC(Cc1ccc(O)cc1)Cc1ccccc1Cl. The Morgan fingerprint density at radius 1 is 1.05 bits per heavy atom. The molecule has 2 nitrogen and oxygen atoms in total. The highest BCUT2D eigenvalue weighted by atomic mass is 35.5. The number of likely N-dealkylation sites (N-methyl/N-ethyl adjacent to an activating group) is 1. The number of hydrogen-bond donors (Lipinski definition) is 2. The van der Waals surface area contributed by atoms with Crippen LogP contribution in [0, 0.1) is 0 Å². The summed E-state index contributed by atoms with van der Waals surface area (Å²) in [4.78, 5) is 0. The van der Waals surface area contributed by atoms with Gasteiger partial charge in [-0.05, 0) is 48.7 Å². The molecule has 0 aliphatic carbocycles. The first-order valence-corrected chi connectivity index (χ1v) is 7.31. The molecule has 0 fully saturated rings. The lowest BCUT2D eigenvalue weighted by Gasteiger charge is -2.19. The fourth-order valence-corrected chi connectivity index (χ4v) is 2.56. The van der Waals surface area contributed by atoms with Crippen molar-refractivity contribution < 1.29 is 5.11 Å². The number of rotatable bonds is 6. The van der Waals surface area contributed by atoms with Crippen LogP contribution < -0.4 is 5.32 Å². The summed E-state index contributed by atoms with van der Waals surface area (Å²) in [6, 6.07) is 15.7. The Hall–Kier alpha value is -1.51. The smallest absolute Gasteiger partial charge is 0.115 e. The number of phenols is 1. The van der Waals surface area contributed by atoms with Gasteiger partial charge in [0.2, 0.25) is 0 Å². The first-order chi connectivity index (χ1) is 9.69. The van der Waals surface area contributed by atoms with E-state index < -0.39 is 0 Å². The minimum absolute atomic E-state index is 0.305. The van der Waals surface area contributed by atoms with Crippen LogP contribution >= 0.6 is 11.6 Å². The van der Waals surface area contributed by atoms with Crippen LogP contribution in [0.1, 0.15) is 18.1 Å². The highest BCUT2D eigenvalue weighted by Gasteiger charge is 2.11. The van der Waals surface area contributed by atoms with E-state index in [9.17, 15) is 5.11 Å². The normalized spacial score (nSPS) is 12.3. The molecule has 2 aromatic carbocycles. The third-order valence-corrected chi connectivity index (χ3v) is 3.70. The van der Waals surface area contributed by atoms with Gasteiger partial charge in [-0.2, -0.15) is 0 Å². The van der Waals surface area contributed by atoms with E-state index in [1.807, 2.05) is 30.3 Å². The van der Waals surface area contributed by atoms with Crippen molar-refractivity contribution in [2.24, 2.45) is 0 Å². The molecular weight excluding hydrogens is 270 g/mol. The zero-order valence-corrected chi connectivity index (χ0v) is 12.4. The fourth-order valence-electron chi connectivity index (χ4n) is 2.35. The minimum atomic E-state index is 0.305. The average molecular weight is 290 g/mol. The van der Waals surface area contributed by atoms with Gasteiger partial charge in [0.05, 0.1) is 0 Å². The van der Waals surface area contributed by atoms with Crippen LogP contribution in [0.2, 0.25) is 5.02 Å². The van der Waals surface area contributed by atoms with E-state index in [1.165, 1.54) is 11.1 Å². The topological polar surface area (TPSA) is 32.3 Å². The van der Waals surface area contributed by atoms with Crippen molar-refractivity contribution in [3.8, 4) is 5.75 Å². The summed E-state index contributed by atoms with van der Waals surface area (Å²) >= 11 is 6.23. The molecule has 0 aromatic heterocycles. The highest BCUT2D eigenvalue weighted by molar-refractivity contribution is 6.31. The number of aromatic hydroxyl groups is 1. The van der Waals surface area contributed by atoms with Crippen molar-refractivity contribution in [2.75, 3.05) is 6.54 Å². The monoisotopic (exact) mass is 289 g/mol. The molecule has 1 atom stereocenters. The molecule has 0 amide bonds. The van der Waals surface area contributed by atoms with Gasteiger partial charge in [0.25, 0.3) is 0 Å². The molecule has 2 rings (SSSR count). The Balaban J connectivity index is 2.07. The summed E-state index contributed by atoms with van der Waals surface area (Å²) in [5.41, 5.74) is 2.37. The third kappa shape index (κ3) is 4.26. The van der Waals surface area contributed by atoms with Crippen LogP contribution in [0.4, 0.5) is 0 Å². The fraction of sp³-hybridized carbons (Fsp3) is 0.294. The zero-order chi connectivity index (χ0) is 14.4. The van der Waals surface area contributed by atoms with Crippen molar-refractivity contribution in [3.05, 3.63) is 64.7 Å². The number of phenolic OH excluding ortho intramolecular Hbond substituents is 1. The lowest BCUT2D eigenvalue weighted by atomic mass is 9.99. The van der Waals surface area contributed by atoms with Gasteiger partial charge in [-0.1, -0.05) is 48.9 Å². The van der Waals surface area contributed by atoms with Crippen molar-refractivity contribution in [3.63, 3.8) is 0 Å². The average Bonchev–Trinajstić information content (AvgIpc) is 2.44. The highest BCUT2D eigenvalue weighted by Crippen LogP contribution is 2.19. The molecule has 20 heavy (non-hydrogen) atoms.